The predicted octanol–water partition coefficient (Wildman–Crippen LogP) is 1.29. The van der Waals surface area contributed by atoms with Crippen LogP contribution >= 0.6 is 0 Å². The number of guanidine groups is 1. The molecule has 1 heterocycles. The minimum Gasteiger partial charge on any atom is -0.376 e. The van der Waals surface area contributed by atoms with Crippen molar-refractivity contribution in [1.29, 1.82) is 0 Å². The zero-order valence-corrected chi connectivity index (χ0v) is 10.1. The number of hydroxylamine groups is 1. The van der Waals surface area contributed by atoms with Crippen molar-refractivity contribution < 1.29 is 9.95 Å². The van der Waals surface area contributed by atoms with Crippen molar-refractivity contribution in [3.8, 4) is 0 Å². The largest absolute Gasteiger partial charge is 0.382 e. The molecule has 3 rings (SSSR count). The highest BCUT2D eigenvalue weighted by Gasteiger charge is 2.17. The van der Waals surface area contributed by atoms with Crippen molar-refractivity contribution in [3.05, 3.63) is 48.0 Å². The van der Waals surface area contributed by atoms with Crippen LogP contribution in [0.2, 0.25) is 0 Å². The second-order valence-corrected chi connectivity index (χ2v) is 4.44. The SMILES string of the molecule is O[N+](Cc1ccc2ccccc2c1)=C1NCCN1. The second-order valence-electron chi connectivity index (χ2n) is 4.44. The molecule has 1 aliphatic rings. The summed E-state index contributed by atoms with van der Waals surface area (Å²) < 4.78 is 1.22. The van der Waals surface area contributed by atoms with Crippen LogP contribution in [0.4, 0.5) is 0 Å². The van der Waals surface area contributed by atoms with Gasteiger partial charge in [-0.15, -0.1) is 0 Å². The smallest absolute Gasteiger partial charge is 0.376 e. The van der Waals surface area contributed by atoms with Gasteiger partial charge in [-0.05, 0) is 22.4 Å². The van der Waals surface area contributed by atoms with Gasteiger partial charge in [0.05, 0.1) is 13.1 Å². The van der Waals surface area contributed by atoms with Crippen molar-refractivity contribution >= 4 is 16.7 Å². The third-order valence-corrected chi connectivity index (χ3v) is 3.11. The lowest BCUT2D eigenvalue weighted by atomic mass is 10.1. The van der Waals surface area contributed by atoms with Crippen molar-refractivity contribution in [3.63, 3.8) is 0 Å². The Morgan fingerprint density at radius 3 is 2.50 bits per heavy atom. The number of rotatable bonds is 2. The Morgan fingerprint density at radius 2 is 1.72 bits per heavy atom. The maximum Gasteiger partial charge on any atom is 0.382 e. The highest BCUT2D eigenvalue weighted by Crippen LogP contribution is 2.15. The number of hydrogen-bond acceptors (Lipinski definition) is 1. The molecule has 1 fully saturated rings. The third-order valence-electron chi connectivity index (χ3n) is 3.11. The van der Waals surface area contributed by atoms with Crippen LogP contribution < -0.4 is 10.6 Å². The van der Waals surface area contributed by atoms with Crippen LogP contribution in [0.1, 0.15) is 5.56 Å². The molecule has 0 spiro atoms. The normalized spacial score (nSPS) is 14.3. The van der Waals surface area contributed by atoms with Crippen LogP contribution in [0.5, 0.6) is 0 Å². The first-order valence-corrected chi connectivity index (χ1v) is 6.12. The van der Waals surface area contributed by atoms with E-state index >= 15 is 0 Å². The highest BCUT2D eigenvalue weighted by molar-refractivity contribution is 5.83. The summed E-state index contributed by atoms with van der Waals surface area (Å²) >= 11 is 0. The van der Waals surface area contributed by atoms with Gasteiger partial charge in [0, 0.05) is 0 Å². The molecule has 92 valence electrons. The summed E-state index contributed by atoms with van der Waals surface area (Å²) in [7, 11) is 0. The van der Waals surface area contributed by atoms with Crippen LogP contribution in [0.15, 0.2) is 42.5 Å². The van der Waals surface area contributed by atoms with Crippen molar-refractivity contribution in [2.24, 2.45) is 0 Å². The van der Waals surface area contributed by atoms with Gasteiger partial charge in [0.1, 0.15) is 6.54 Å². The first-order chi connectivity index (χ1) is 8.83. The Kier molecular flexibility index (Phi) is 2.76. The van der Waals surface area contributed by atoms with Gasteiger partial charge in [-0.2, -0.15) is 0 Å². The van der Waals surface area contributed by atoms with Gasteiger partial charge in [-0.3, -0.25) is 10.6 Å². The minimum atomic E-state index is 0.472. The number of fused-ring (bicyclic) bond motifs is 1. The van der Waals surface area contributed by atoms with Gasteiger partial charge in [0.15, 0.2) is 0 Å². The van der Waals surface area contributed by atoms with E-state index in [1.54, 1.807) is 0 Å². The number of benzene rings is 2. The average molecular weight is 242 g/mol. The maximum atomic E-state index is 9.95. The summed E-state index contributed by atoms with van der Waals surface area (Å²) in [5.41, 5.74) is 1.08. The Balaban J connectivity index is 1.88. The van der Waals surface area contributed by atoms with Gasteiger partial charge in [0.25, 0.3) is 0 Å². The Labute approximate surface area is 106 Å². The zero-order valence-electron chi connectivity index (χ0n) is 10.1. The molecule has 0 bridgehead atoms. The second kappa shape index (κ2) is 4.56. The molecule has 4 heteroatoms. The number of nitrogens with zero attached hydrogens (tertiary/aromatic N) is 1. The fraction of sp³-hybridized carbons (Fsp3) is 0.214. The monoisotopic (exact) mass is 242 g/mol. The van der Waals surface area contributed by atoms with E-state index in [-0.39, 0.29) is 0 Å². The fourth-order valence-corrected chi connectivity index (χ4v) is 2.20. The van der Waals surface area contributed by atoms with Crippen LogP contribution in [0.25, 0.3) is 10.8 Å². The molecule has 0 amide bonds. The molecule has 4 nitrogen and oxygen atoms in total. The molecule has 3 N–H and O–H groups in total. The molecule has 0 atom stereocenters. The molecule has 0 aliphatic carbocycles. The first-order valence-electron chi connectivity index (χ1n) is 6.12. The summed E-state index contributed by atoms with van der Waals surface area (Å²) in [5, 5.41) is 18.5. The fourth-order valence-electron chi connectivity index (χ4n) is 2.20. The Bertz CT molecular complexity index is 599. The van der Waals surface area contributed by atoms with Crippen LogP contribution in [0, 0.1) is 0 Å². The molecule has 1 aliphatic heterocycles. The summed E-state index contributed by atoms with van der Waals surface area (Å²) in [6, 6.07) is 14.5. The molecular weight excluding hydrogens is 226 g/mol. The quantitative estimate of drug-likeness (QED) is 0.422. The molecule has 0 saturated carbocycles. The van der Waals surface area contributed by atoms with Gasteiger partial charge in [-0.25, -0.2) is 0 Å². The van der Waals surface area contributed by atoms with Crippen LogP contribution in [-0.4, -0.2) is 29.0 Å². The Morgan fingerprint density at radius 1 is 1.00 bits per heavy atom. The molecule has 2 aromatic carbocycles. The molecule has 0 radical (unpaired) electrons. The lowest BCUT2D eigenvalue weighted by Crippen LogP contribution is -2.34. The molecule has 2 aromatic rings. The number of hydrogen-bond donors (Lipinski definition) is 3. The Hall–Kier alpha value is -2.23. The molecular formula is C14H16N3O+. The first kappa shape index (κ1) is 10.9. The number of nitrogens with one attached hydrogen (secondary N) is 2. The zero-order chi connectivity index (χ0) is 12.4. The third kappa shape index (κ3) is 2.09. The van der Waals surface area contributed by atoms with E-state index in [4.69, 9.17) is 0 Å². The summed E-state index contributed by atoms with van der Waals surface area (Å²) in [6.07, 6.45) is 0. The van der Waals surface area contributed by atoms with E-state index in [1.807, 2.05) is 18.2 Å². The van der Waals surface area contributed by atoms with E-state index in [2.05, 4.69) is 34.9 Å². The van der Waals surface area contributed by atoms with E-state index in [9.17, 15) is 5.21 Å². The molecule has 1 saturated heterocycles. The van der Waals surface area contributed by atoms with Gasteiger partial charge >= 0.3 is 5.96 Å². The van der Waals surface area contributed by atoms with Gasteiger partial charge in [0.2, 0.25) is 0 Å². The predicted molar refractivity (Wildman–Crippen MR) is 70.7 cm³/mol. The summed E-state index contributed by atoms with van der Waals surface area (Å²) in [6.45, 7) is 2.17. The van der Waals surface area contributed by atoms with E-state index in [0.717, 1.165) is 18.7 Å². The van der Waals surface area contributed by atoms with E-state index < -0.39 is 0 Å². The van der Waals surface area contributed by atoms with Crippen LogP contribution in [-0.2, 0) is 6.54 Å². The van der Waals surface area contributed by atoms with Crippen molar-refractivity contribution in [2.75, 3.05) is 13.1 Å². The van der Waals surface area contributed by atoms with Gasteiger partial charge in [-0.1, -0.05) is 41.1 Å². The van der Waals surface area contributed by atoms with Crippen molar-refractivity contribution in [2.45, 2.75) is 6.54 Å². The lowest BCUT2D eigenvalue weighted by molar-refractivity contribution is -0.788. The van der Waals surface area contributed by atoms with Crippen molar-refractivity contribution in [1.82, 2.24) is 10.6 Å². The highest BCUT2D eigenvalue weighted by atomic mass is 16.5. The molecule has 18 heavy (non-hydrogen) atoms. The van der Waals surface area contributed by atoms with E-state index in [1.165, 1.54) is 15.5 Å². The molecule has 0 unspecified atom stereocenters. The minimum absolute atomic E-state index is 0.472. The van der Waals surface area contributed by atoms with Gasteiger partial charge < -0.3 is 5.21 Å². The maximum absolute atomic E-state index is 9.95. The standard InChI is InChI=1S/C14H15N3O/c18-17(14-15-7-8-16-14)10-11-5-6-12-3-1-2-4-13(12)9-11/h1-6,9,18H,7-8,10H2,(H,15,16)/p+1. The van der Waals surface area contributed by atoms with Crippen LogP contribution in [0.3, 0.4) is 0 Å². The topological polar surface area (TPSA) is 47.3 Å². The summed E-state index contributed by atoms with van der Waals surface area (Å²) in [5.74, 6) is 0.683. The lowest BCUT2D eigenvalue weighted by Gasteiger charge is -2.04. The summed E-state index contributed by atoms with van der Waals surface area (Å²) in [4.78, 5) is 0. The average Bonchev–Trinajstić information content (AvgIpc) is 2.92. The van der Waals surface area contributed by atoms with E-state index in [0.29, 0.717) is 12.5 Å². The molecule has 0 aromatic heterocycles.